The molecule has 5 aromatic rings. The van der Waals surface area contributed by atoms with Crippen LogP contribution in [-0.2, 0) is 27.1 Å². The Hall–Kier alpha value is -4.30. The molecule has 4 fully saturated rings. The first kappa shape index (κ1) is 36.8. The zero-order chi connectivity index (χ0) is 40.0. The second-order valence-electron chi connectivity index (χ2n) is 22.3. The van der Waals surface area contributed by atoms with E-state index >= 15 is 0 Å². The molecule has 298 valence electrons. The Bertz CT molecular complexity index is 2350. The van der Waals surface area contributed by atoms with Gasteiger partial charge in [-0.05, 0) is 173 Å². The lowest BCUT2D eigenvalue weighted by Crippen LogP contribution is -2.57. The maximum atomic E-state index is 7.08. The van der Waals surface area contributed by atoms with Crippen molar-refractivity contribution in [3.8, 4) is 22.6 Å². The summed E-state index contributed by atoms with van der Waals surface area (Å²) in [6.07, 6.45) is 11.8. The SMILES string of the molecule is CC1(C)CCC(C)(C)c2cc(N(c3ccc(-c4cccc5c4Oc4ccccc4C54C5CC6CC(C5)CC4C6)cc3)c3ccc4c(c3)C(C)(C)CCC4(C)C)ccc21. The van der Waals surface area contributed by atoms with Crippen molar-refractivity contribution < 1.29 is 4.74 Å². The molecule has 0 radical (unpaired) electrons. The summed E-state index contributed by atoms with van der Waals surface area (Å²) in [6.45, 7) is 19.5. The highest BCUT2D eigenvalue weighted by atomic mass is 16.5. The van der Waals surface area contributed by atoms with Gasteiger partial charge in [0.25, 0.3) is 0 Å². The van der Waals surface area contributed by atoms with E-state index in [9.17, 15) is 0 Å². The summed E-state index contributed by atoms with van der Waals surface area (Å²) < 4.78 is 7.08. The number of hydrogen-bond acceptors (Lipinski definition) is 2. The van der Waals surface area contributed by atoms with Crippen LogP contribution < -0.4 is 9.64 Å². The molecule has 0 N–H and O–H groups in total. The highest BCUT2D eigenvalue weighted by molar-refractivity contribution is 5.82. The maximum Gasteiger partial charge on any atom is 0.139 e. The normalized spacial score (nSPS) is 28.5. The van der Waals surface area contributed by atoms with Crippen molar-refractivity contribution in [3.63, 3.8) is 0 Å². The van der Waals surface area contributed by atoms with Crippen LogP contribution >= 0.6 is 0 Å². The third-order valence-electron chi connectivity index (χ3n) is 17.1. The molecule has 0 unspecified atom stereocenters. The Morgan fingerprint density at radius 1 is 0.448 bits per heavy atom. The maximum absolute atomic E-state index is 7.08. The van der Waals surface area contributed by atoms with Gasteiger partial charge >= 0.3 is 0 Å². The van der Waals surface area contributed by atoms with Crippen LogP contribution in [0.15, 0.2) is 103 Å². The van der Waals surface area contributed by atoms with Gasteiger partial charge in [0.05, 0.1) is 0 Å². The molecule has 0 aromatic heterocycles. The number of fused-ring (bicyclic) bond motifs is 4. The molecule has 58 heavy (non-hydrogen) atoms. The smallest absolute Gasteiger partial charge is 0.139 e. The van der Waals surface area contributed by atoms with E-state index in [1.807, 2.05) is 0 Å². The average molecular weight is 766 g/mol. The van der Waals surface area contributed by atoms with Gasteiger partial charge < -0.3 is 9.64 Å². The second-order valence-corrected chi connectivity index (χ2v) is 22.3. The topological polar surface area (TPSA) is 12.5 Å². The van der Waals surface area contributed by atoms with E-state index in [1.54, 1.807) is 0 Å². The minimum atomic E-state index is 0.0495. The molecule has 2 heteroatoms. The summed E-state index contributed by atoms with van der Waals surface area (Å²) in [7, 11) is 0. The first-order valence-corrected chi connectivity index (χ1v) is 22.8. The lowest BCUT2D eigenvalue weighted by molar-refractivity contribution is -0.0451. The van der Waals surface area contributed by atoms with Crippen LogP contribution in [0.25, 0.3) is 11.1 Å². The van der Waals surface area contributed by atoms with E-state index in [0.717, 1.165) is 23.3 Å². The monoisotopic (exact) mass is 765 g/mol. The van der Waals surface area contributed by atoms with E-state index in [4.69, 9.17) is 4.74 Å². The number of nitrogens with zero attached hydrogens (tertiary/aromatic N) is 1. The molecule has 1 aliphatic heterocycles. The van der Waals surface area contributed by atoms with Crippen molar-refractivity contribution in [1.82, 2.24) is 0 Å². The molecule has 5 aromatic carbocycles. The van der Waals surface area contributed by atoms with Crippen molar-refractivity contribution >= 4 is 17.1 Å². The molecule has 2 nitrogen and oxygen atoms in total. The summed E-state index contributed by atoms with van der Waals surface area (Å²) in [5.74, 6) is 5.37. The zero-order valence-corrected chi connectivity index (χ0v) is 36.3. The highest BCUT2D eigenvalue weighted by Gasteiger charge is 2.61. The van der Waals surface area contributed by atoms with E-state index < -0.39 is 0 Å². The standard InChI is InChI=1S/C56H63NO/c1-52(2)24-26-54(5,6)48-33-41(20-22-44(48)52)57(42-21-23-45-49(34-42)55(7,8)27-25-53(45,3)4)40-18-16-37(17-19-40)43-12-11-14-47-51(43)58-50-15-10-9-13-46(50)56(47)38-29-35-28-36(31-38)32-39(56)30-35/h9-23,33-36,38-39H,24-32H2,1-8H3. The van der Waals surface area contributed by atoms with Gasteiger partial charge in [0.2, 0.25) is 0 Å². The van der Waals surface area contributed by atoms with E-state index in [0.29, 0.717) is 11.8 Å². The number of hydrogen-bond donors (Lipinski definition) is 0. The van der Waals surface area contributed by atoms with Crippen LogP contribution in [0.1, 0.15) is 147 Å². The average Bonchev–Trinajstić information content (AvgIpc) is 3.20. The Balaban J connectivity index is 1.05. The fourth-order valence-corrected chi connectivity index (χ4v) is 13.8. The number of benzene rings is 5. The van der Waals surface area contributed by atoms with Gasteiger partial charge in [0.1, 0.15) is 11.5 Å². The Kier molecular flexibility index (Phi) is 7.84. The predicted octanol–water partition coefficient (Wildman–Crippen LogP) is 15.4. The molecule has 4 saturated carbocycles. The van der Waals surface area contributed by atoms with Crippen LogP contribution in [-0.4, -0.2) is 0 Å². The summed E-state index contributed by atoms with van der Waals surface area (Å²) in [4.78, 5) is 2.54. The zero-order valence-electron chi connectivity index (χ0n) is 36.3. The first-order valence-electron chi connectivity index (χ1n) is 22.8. The van der Waals surface area contributed by atoms with Gasteiger partial charge in [-0.2, -0.15) is 0 Å². The van der Waals surface area contributed by atoms with Crippen LogP contribution in [0.3, 0.4) is 0 Å². The van der Waals surface area contributed by atoms with E-state index in [1.165, 1.54) is 119 Å². The summed E-state index contributed by atoms with van der Waals surface area (Å²) in [6, 6.07) is 40.4. The van der Waals surface area contributed by atoms with Gasteiger partial charge in [0.15, 0.2) is 0 Å². The Morgan fingerprint density at radius 2 is 0.931 bits per heavy atom. The Morgan fingerprint density at radius 3 is 1.48 bits per heavy atom. The van der Waals surface area contributed by atoms with Crippen LogP contribution in [0.4, 0.5) is 17.1 Å². The molecule has 0 atom stereocenters. The fraction of sp³-hybridized carbons (Fsp3) is 0.464. The summed E-state index contributed by atoms with van der Waals surface area (Å²) >= 11 is 0. The quantitative estimate of drug-likeness (QED) is 0.181. The summed E-state index contributed by atoms with van der Waals surface area (Å²) in [5.41, 5.74) is 15.6. The highest BCUT2D eigenvalue weighted by Crippen LogP contribution is 2.69. The number of para-hydroxylation sites is 2. The minimum absolute atomic E-state index is 0.0495. The third kappa shape index (κ3) is 5.28. The van der Waals surface area contributed by atoms with Gasteiger partial charge in [-0.15, -0.1) is 0 Å². The van der Waals surface area contributed by atoms with Gasteiger partial charge in [-0.1, -0.05) is 116 Å². The van der Waals surface area contributed by atoms with Crippen LogP contribution in [0, 0.1) is 23.7 Å². The molecule has 7 aliphatic rings. The molecule has 6 aliphatic carbocycles. The van der Waals surface area contributed by atoms with Gasteiger partial charge in [0, 0.05) is 39.2 Å². The molecule has 0 amide bonds. The van der Waals surface area contributed by atoms with Crippen molar-refractivity contribution in [2.24, 2.45) is 23.7 Å². The molecule has 12 rings (SSSR count). The third-order valence-corrected chi connectivity index (χ3v) is 17.1. The van der Waals surface area contributed by atoms with Crippen molar-refractivity contribution in [2.75, 3.05) is 4.90 Å². The van der Waals surface area contributed by atoms with Crippen molar-refractivity contribution in [3.05, 3.63) is 137 Å². The van der Waals surface area contributed by atoms with Crippen LogP contribution in [0.5, 0.6) is 11.5 Å². The summed E-state index contributed by atoms with van der Waals surface area (Å²) in [5, 5.41) is 0. The molecule has 4 bridgehead atoms. The van der Waals surface area contributed by atoms with Crippen molar-refractivity contribution in [2.45, 2.75) is 140 Å². The molecular formula is C56H63NO. The van der Waals surface area contributed by atoms with Crippen molar-refractivity contribution in [1.29, 1.82) is 0 Å². The minimum Gasteiger partial charge on any atom is -0.456 e. The largest absolute Gasteiger partial charge is 0.456 e. The number of rotatable bonds is 4. The molecule has 1 heterocycles. The van der Waals surface area contributed by atoms with E-state index in [2.05, 4.69) is 163 Å². The number of ether oxygens (including phenoxy) is 1. The number of anilines is 3. The van der Waals surface area contributed by atoms with Crippen LogP contribution in [0.2, 0.25) is 0 Å². The van der Waals surface area contributed by atoms with E-state index in [-0.39, 0.29) is 27.1 Å². The molecule has 0 saturated heterocycles. The van der Waals surface area contributed by atoms with Gasteiger partial charge in [-0.25, -0.2) is 0 Å². The van der Waals surface area contributed by atoms with Gasteiger partial charge in [-0.3, -0.25) is 0 Å². The predicted molar refractivity (Wildman–Crippen MR) is 241 cm³/mol. The molecule has 1 spiro atoms. The lowest BCUT2D eigenvalue weighted by Gasteiger charge is -2.63. The first-order chi connectivity index (χ1) is 27.7. The molecular weight excluding hydrogens is 703 g/mol. The lowest BCUT2D eigenvalue weighted by atomic mass is 9.41. The second kappa shape index (κ2) is 12.4. The fourth-order valence-electron chi connectivity index (χ4n) is 13.8. The Labute approximate surface area is 348 Å².